The van der Waals surface area contributed by atoms with Gasteiger partial charge in [-0.25, -0.2) is 0 Å². The van der Waals surface area contributed by atoms with Crippen molar-refractivity contribution in [2.24, 2.45) is 5.92 Å². The molecule has 26 heavy (non-hydrogen) atoms. The molecular formula is C22H28N2O2. The van der Waals surface area contributed by atoms with Crippen LogP contribution in [-0.4, -0.2) is 10.9 Å². The Hall–Kier alpha value is -2.49. The molecule has 1 atom stereocenters. The van der Waals surface area contributed by atoms with Crippen molar-refractivity contribution in [2.45, 2.75) is 52.5 Å². The first-order valence-electron chi connectivity index (χ1n) is 9.46. The van der Waals surface area contributed by atoms with Crippen molar-refractivity contribution in [3.05, 3.63) is 59.7 Å². The number of aromatic nitrogens is 1. The molecule has 0 saturated heterocycles. The van der Waals surface area contributed by atoms with Gasteiger partial charge in [0.1, 0.15) is 5.76 Å². The zero-order valence-electron chi connectivity index (χ0n) is 15.8. The molecule has 0 aliphatic rings. The second-order valence-electron chi connectivity index (χ2n) is 7.32. The van der Waals surface area contributed by atoms with Gasteiger partial charge in [0.25, 0.3) is 0 Å². The first-order valence-corrected chi connectivity index (χ1v) is 9.46. The lowest BCUT2D eigenvalue weighted by Crippen LogP contribution is -2.24. The van der Waals surface area contributed by atoms with E-state index in [1.807, 2.05) is 12.1 Å². The molecule has 0 saturated carbocycles. The van der Waals surface area contributed by atoms with E-state index in [9.17, 15) is 4.79 Å². The molecule has 1 aromatic carbocycles. The van der Waals surface area contributed by atoms with Crippen molar-refractivity contribution in [2.75, 3.05) is 0 Å². The van der Waals surface area contributed by atoms with Crippen molar-refractivity contribution in [1.82, 2.24) is 10.3 Å². The van der Waals surface area contributed by atoms with Crippen LogP contribution in [0.3, 0.4) is 0 Å². The average Bonchev–Trinajstić information content (AvgIpc) is 3.28. The summed E-state index contributed by atoms with van der Waals surface area (Å²) in [5.41, 5.74) is 3.77. The van der Waals surface area contributed by atoms with Gasteiger partial charge in [0.15, 0.2) is 0 Å². The normalized spacial score (nSPS) is 12.6. The number of rotatable bonds is 8. The molecule has 0 spiro atoms. The molecule has 2 aromatic heterocycles. The fourth-order valence-corrected chi connectivity index (χ4v) is 3.66. The summed E-state index contributed by atoms with van der Waals surface area (Å²) in [5.74, 6) is 1.57. The maximum absolute atomic E-state index is 12.5. The van der Waals surface area contributed by atoms with Crippen molar-refractivity contribution < 1.29 is 9.21 Å². The van der Waals surface area contributed by atoms with Crippen LogP contribution in [0.15, 0.2) is 47.2 Å². The zero-order valence-corrected chi connectivity index (χ0v) is 15.8. The van der Waals surface area contributed by atoms with E-state index in [0.29, 0.717) is 18.9 Å². The number of hydrogen-bond donors (Lipinski definition) is 2. The fraction of sp³-hybridized carbons (Fsp3) is 0.409. The molecule has 0 radical (unpaired) electrons. The lowest BCUT2D eigenvalue weighted by molar-refractivity contribution is -0.121. The topological polar surface area (TPSA) is 58.0 Å². The summed E-state index contributed by atoms with van der Waals surface area (Å²) in [6.45, 7) is 7.03. The number of fused-ring (bicyclic) bond motifs is 1. The molecule has 2 heterocycles. The number of carbonyl (C=O) groups excluding carboxylic acids is 1. The van der Waals surface area contributed by atoms with Crippen molar-refractivity contribution in [3.8, 4) is 0 Å². The molecule has 2 N–H and O–H groups in total. The Morgan fingerprint density at radius 1 is 1.23 bits per heavy atom. The van der Waals surface area contributed by atoms with Gasteiger partial charge in [-0.1, -0.05) is 39.0 Å². The van der Waals surface area contributed by atoms with E-state index in [1.165, 1.54) is 22.0 Å². The minimum Gasteiger partial charge on any atom is -0.467 e. The second kappa shape index (κ2) is 8.26. The Morgan fingerprint density at radius 3 is 2.77 bits per heavy atom. The highest BCUT2D eigenvalue weighted by Crippen LogP contribution is 2.34. The maximum atomic E-state index is 12.5. The van der Waals surface area contributed by atoms with Gasteiger partial charge in [-0.2, -0.15) is 0 Å². The second-order valence-corrected chi connectivity index (χ2v) is 7.32. The summed E-state index contributed by atoms with van der Waals surface area (Å²) in [7, 11) is 0. The number of nitrogens with one attached hydrogen (secondary N) is 2. The highest BCUT2D eigenvalue weighted by atomic mass is 16.3. The Morgan fingerprint density at radius 2 is 2.08 bits per heavy atom. The third kappa shape index (κ3) is 4.18. The summed E-state index contributed by atoms with van der Waals surface area (Å²) in [6, 6.07) is 10.1. The van der Waals surface area contributed by atoms with Gasteiger partial charge >= 0.3 is 0 Å². The van der Waals surface area contributed by atoms with E-state index >= 15 is 0 Å². The van der Waals surface area contributed by atoms with E-state index in [0.717, 1.165) is 18.6 Å². The molecule has 0 bridgehead atoms. The van der Waals surface area contributed by atoms with Crippen LogP contribution in [-0.2, 0) is 17.8 Å². The summed E-state index contributed by atoms with van der Waals surface area (Å²) in [6.07, 6.45) is 6.19. The predicted molar refractivity (Wildman–Crippen MR) is 105 cm³/mol. The first kappa shape index (κ1) is 18.3. The van der Waals surface area contributed by atoms with Gasteiger partial charge in [0.2, 0.25) is 5.91 Å². The highest BCUT2D eigenvalue weighted by molar-refractivity contribution is 5.87. The van der Waals surface area contributed by atoms with Crippen molar-refractivity contribution in [1.29, 1.82) is 0 Å². The van der Waals surface area contributed by atoms with Crippen LogP contribution >= 0.6 is 0 Å². The molecule has 0 fully saturated rings. The lowest BCUT2D eigenvalue weighted by Gasteiger charge is -2.18. The Labute approximate surface area is 155 Å². The van der Waals surface area contributed by atoms with E-state index in [1.54, 1.807) is 6.26 Å². The van der Waals surface area contributed by atoms with Gasteiger partial charge in [-0.05, 0) is 47.9 Å². The van der Waals surface area contributed by atoms with Crippen molar-refractivity contribution >= 4 is 16.8 Å². The van der Waals surface area contributed by atoms with Crippen molar-refractivity contribution in [3.63, 3.8) is 0 Å². The van der Waals surface area contributed by atoms with Crippen LogP contribution in [0.1, 0.15) is 56.4 Å². The van der Waals surface area contributed by atoms with Crippen LogP contribution in [0.5, 0.6) is 0 Å². The summed E-state index contributed by atoms with van der Waals surface area (Å²) >= 11 is 0. The number of para-hydroxylation sites is 1. The summed E-state index contributed by atoms with van der Waals surface area (Å²) in [5, 5.41) is 4.22. The molecule has 4 heteroatoms. The summed E-state index contributed by atoms with van der Waals surface area (Å²) in [4.78, 5) is 16.0. The predicted octanol–water partition coefficient (Wildman–Crippen LogP) is 5.16. The van der Waals surface area contributed by atoms with Gasteiger partial charge in [-0.15, -0.1) is 0 Å². The molecule has 0 unspecified atom stereocenters. The number of hydrogen-bond acceptors (Lipinski definition) is 2. The number of benzene rings is 1. The van der Waals surface area contributed by atoms with Gasteiger partial charge in [-0.3, -0.25) is 4.79 Å². The Kier molecular flexibility index (Phi) is 5.82. The largest absolute Gasteiger partial charge is 0.467 e. The third-order valence-electron chi connectivity index (χ3n) is 4.88. The monoisotopic (exact) mass is 352 g/mol. The highest BCUT2D eigenvalue weighted by Gasteiger charge is 2.21. The number of furan rings is 1. The number of amides is 1. The average molecular weight is 352 g/mol. The molecule has 3 rings (SSSR count). The van der Waals surface area contributed by atoms with Crippen LogP contribution in [0.4, 0.5) is 0 Å². The number of H-pyrrole nitrogens is 1. The molecule has 138 valence electrons. The fourth-order valence-electron chi connectivity index (χ4n) is 3.66. The van der Waals surface area contributed by atoms with Gasteiger partial charge < -0.3 is 14.7 Å². The molecule has 4 nitrogen and oxygen atoms in total. The SMILES string of the molecule is CCc1cccc2c([C@H](CC(=O)NCc3ccco3)CC(C)C)c[nH]c12. The smallest absolute Gasteiger partial charge is 0.220 e. The van der Waals surface area contributed by atoms with Crippen LogP contribution in [0.25, 0.3) is 10.9 Å². The minimum atomic E-state index is 0.0630. The molecule has 1 amide bonds. The third-order valence-corrected chi connectivity index (χ3v) is 4.88. The Balaban J connectivity index is 1.78. The van der Waals surface area contributed by atoms with Crippen LogP contribution in [0, 0.1) is 5.92 Å². The van der Waals surface area contributed by atoms with Crippen LogP contribution < -0.4 is 5.32 Å². The maximum Gasteiger partial charge on any atom is 0.220 e. The van der Waals surface area contributed by atoms with Crippen LogP contribution in [0.2, 0.25) is 0 Å². The van der Waals surface area contributed by atoms with E-state index < -0.39 is 0 Å². The van der Waals surface area contributed by atoms with E-state index in [-0.39, 0.29) is 11.8 Å². The summed E-state index contributed by atoms with van der Waals surface area (Å²) < 4.78 is 5.29. The number of aromatic amines is 1. The molecule has 3 aromatic rings. The molecule has 0 aliphatic heterocycles. The molecule has 0 aliphatic carbocycles. The van der Waals surface area contributed by atoms with E-state index in [4.69, 9.17) is 4.42 Å². The number of aryl methyl sites for hydroxylation is 1. The Bertz CT molecular complexity index is 846. The van der Waals surface area contributed by atoms with Gasteiger partial charge in [0, 0.05) is 23.5 Å². The molecular weight excluding hydrogens is 324 g/mol. The zero-order chi connectivity index (χ0) is 18.5. The quantitative estimate of drug-likeness (QED) is 0.588. The first-order chi connectivity index (χ1) is 12.6. The standard InChI is InChI=1S/C22H28N2O2/c1-4-16-7-5-9-19-20(14-24-22(16)19)17(11-15(2)3)12-21(25)23-13-18-8-6-10-26-18/h5-10,14-15,17,24H,4,11-13H2,1-3H3,(H,23,25)/t17-/m0/s1. The van der Waals surface area contributed by atoms with E-state index in [2.05, 4.69) is 55.5 Å². The number of carbonyl (C=O) groups is 1. The minimum absolute atomic E-state index is 0.0630. The lowest BCUT2D eigenvalue weighted by atomic mass is 9.87. The van der Waals surface area contributed by atoms with Gasteiger partial charge in [0.05, 0.1) is 12.8 Å².